The third-order valence-corrected chi connectivity index (χ3v) is 4.61. The van der Waals surface area contributed by atoms with Gasteiger partial charge in [-0.15, -0.1) is 0 Å². The maximum absolute atomic E-state index is 12.0. The van der Waals surface area contributed by atoms with Crippen LogP contribution in [-0.4, -0.2) is 38.2 Å². The van der Waals surface area contributed by atoms with Gasteiger partial charge in [-0.25, -0.2) is 9.97 Å². The number of ether oxygens (including phenoxy) is 2. The number of fused-ring (bicyclic) bond motifs is 1. The summed E-state index contributed by atoms with van der Waals surface area (Å²) in [7, 11) is 0. The second-order valence-corrected chi connectivity index (χ2v) is 6.61. The number of nitrogens with one attached hydrogen (secondary N) is 1. The van der Waals surface area contributed by atoms with Crippen molar-refractivity contribution in [2.75, 3.05) is 13.3 Å². The molecule has 26 heavy (non-hydrogen) atoms. The van der Waals surface area contributed by atoms with Crippen LogP contribution in [-0.2, 0) is 17.6 Å². The van der Waals surface area contributed by atoms with Gasteiger partial charge in [-0.1, -0.05) is 6.07 Å². The van der Waals surface area contributed by atoms with E-state index in [1.165, 1.54) is 11.5 Å². The predicted molar refractivity (Wildman–Crippen MR) is 94.6 cm³/mol. The van der Waals surface area contributed by atoms with E-state index >= 15 is 0 Å². The fourth-order valence-electron chi connectivity index (χ4n) is 2.62. The zero-order chi connectivity index (χ0) is 17.8. The van der Waals surface area contributed by atoms with Crippen LogP contribution in [0.4, 0.5) is 0 Å². The summed E-state index contributed by atoms with van der Waals surface area (Å²) in [5.41, 5.74) is 1.16. The molecule has 0 unspecified atom stereocenters. The quantitative estimate of drug-likeness (QED) is 0.636. The van der Waals surface area contributed by atoms with Crippen LogP contribution in [0.3, 0.4) is 0 Å². The van der Waals surface area contributed by atoms with E-state index in [0.717, 1.165) is 29.9 Å². The van der Waals surface area contributed by atoms with Crippen LogP contribution in [0.25, 0.3) is 5.95 Å². The Balaban J connectivity index is 1.21. The monoisotopic (exact) mass is 371 g/mol. The van der Waals surface area contributed by atoms with E-state index in [9.17, 15) is 4.79 Å². The maximum atomic E-state index is 12.0. The van der Waals surface area contributed by atoms with Crippen LogP contribution in [0.1, 0.15) is 17.0 Å². The molecule has 3 aromatic rings. The number of aryl methyl sites for hydroxylation is 1. The largest absolute Gasteiger partial charge is 0.454 e. The average molecular weight is 371 g/mol. The van der Waals surface area contributed by atoms with Crippen molar-refractivity contribution in [1.82, 2.24) is 24.2 Å². The van der Waals surface area contributed by atoms with E-state index in [1.54, 1.807) is 23.3 Å². The minimum Gasteiger partial charge on any atom is -0.454 e. The van der Waals surface area contributed by atoms with Gasteiger partial charge in [-0.2, -0.15) is 4.37 Å². The van der Waals surface area contributed by atoms with Gasteiger partial charge in [0.05, 0.1) is 6.42 Å². The smallest absolute Gasteiger partial charge is 0.246 e. The zero-order valence-electron chi connectivity index (χ0n) is 13.9. The lowest BCUT2D eigenvalue weighted by molar-refractivity contribution is -0.120. The zero-order valence-corrected chi connectivity index (χ0v) is 14.7. The Morgan fingerprint density at radius 1 is 1.31 bits per heavy atom. The molecule has 3 heterocycles. The Labute approximate surface area is 154 Å². The molecule has 8 nitrogen and oxygen atoms in total. The van der Waals surface area contributed by atoms with Crippen molar-refractivity contribution in [3.05, 3.63) is 47.5 Å². The third-order valence-electron chi connectivity index (χ3n) is 3.91. The molecule has 0 saturated carbocycles. The molecule has 0 spiro atoms. The second kappa shape index (κ2) is 7.52. The number of aromatic nitrogens is 4. The van der Waals surface area contributed by atoms with Crippen LogP contribution < -0.4 is 14.8 Å². The summed E-state index contributed by atoms with van der Waals surface area (Å²) >= 11 is 1.23. The van der Waals surface area contributed by atoms with Gasteiger partial charge in [-0.3, -0.25) is 9.36 Å². The Bertz CT molecular complexity index is 894. The highest BCUT2D eigenvalue weighted by molar-refractivity contribution is 7.05. The number of imidazole rings is 1. The Kier molecular flexibility index (Phi) is 4.78. The second-order valence-electron chi connectivity index (χ2n) is 5.78. The highest BCUT2D eigenvalue weighted by Crippen LogP contribution is 2.32. The molecule has 1 aliphatic rings. The number of benzene rings is 1. The maximum Gasteiger partial charge on any atom is 0.246 e. The molecule has 0 fully saturated rings. The molecule has 0 atom stereocenters. The predicted octanol–water partition coefficient (Wildman–Crippen LogP) is 1.74. The summed E-state index contributed by atoms with van der Waals surface area (Å²) in [6.07, 6.45) is 7.00. The van der Waals surface area contributed by atoms with Crippen molar-refractivity contribution < 1.29 is 14.3 Å². The molecule has 0 saturated heterocycles. The number of carbonyl (C=O) groups excluding carboxylic acids is 1. The molecule has 2 aromatic heterocycles. The minimum absolute atomic E-state index is 0.0518. The number of hydrogen-bond donors (Lipinski definition) is 1. The first kappa shape index (κ1) is 16.5. The lowest BCUT2D eigenvalue weighted by atomic mass is 10.1. The van der Waals surface area contributed by atoms with Crippen molar-refractivity contribution in [3.8, 4) is 17.4 Å². The van der Waals surface area contributed by atoms with Gasteiger partial charge in [0.2, 0.25) is 18.6 Å². The molecule has 134 valence electrons. The summed E-state index contributed by atoms with van der Waals surface area (Å²) in [4.78, 5) is 20.3. The van der Waals surface area contributed by atoms with Gasteiger partial charge in [0, 0.05) is 18.9 Å². The van der Waals surface area contributed by atoms with E-state index in [4.69, 9.17) is 9.47 Å². The van der Waals surface area contributed by atoms with Gasteiger partial charge >= 0.3 is 0 Å². The summed E-state index contributed by atoms with van der Waals surface area (Å²) in [5.74, 6) is 2.06. The van der Waals surface area contributed by atoms with Gasteiger partial charge in [-0.05, 0) is 42.1 Å². The van der Waals surface area contributed by atoms with Crippen molar-refractivity contribution in [2.45, 2.75) is 19.3 Å². The molecule has 9 heteroatoms. The van der Waals surface area contributed by atoms with Crippen LogP contribution >= 0.6 is 11.5 Å². The standard InChI is InChI=1S/C17H17N5O3S/c23-15(9-16-20-17(21-26-16)22-7-6-18-10-22)19-5-1-2-12-3-4-13-14(8-12)25-11-24-13/h3-4,6-8,10H,1-2,5,9,11H2,(H,19,23). The highest BCUT2D eigenvalue weighted by Gasteiger charge is 2.13. The molecule has 1 amide bonds. The fraction of sp³-hybridized carbons (Fsp3) is 0.294. The van der Waals surface area contributed by atoms with Crippen molar-refractivity contribution in [1.29, 1.82) is 0 Å². The average Bonchev–Trinajstić information content (AvgIpc) is 3.38. The van der Waals surface area contributed by atoms with Gasteiger partial charge in [0.15, 0.2) is 11.5 Å². The highest BCUT2D eigenvalue weighted by atomic mass is 32.1. The molecular formula is C17H17N5O3S. The summed E-state index contributed by atoms with van der Waals surface area (Å²) in [6, 6.07) is 5.93. The van der Waals surface area contributed by atoms with Crippen molar-refractivity contribution >= 4 is 17.4 Å². The molecule has 1 aliphatic heterocycles. The molecule has 0 radical (unpaired) electrons. The summed E-state index contributed by atoms with van der Waals surface area (Å²) < 4.78 is 16.6. The third kappa shape index (κ3) is 3.83. The van der Waals surface area contributed by atoms with Crippen LogP contribution in [0.2, 0.25) is 0 Å². The topological polar surface area (TPSA) is 91.2 Å². The van der Waals surface area contributed by atoms with E-state index in [0.29, 0.717) is 17.5 Å². The number of nitrogens with zero attached hydrogens (tertiary/aromatic N) is 4. The summed E-state index contributed by atoms with van der Waals surface area (Å²) in [6.45, 7) is 0.892. The van der Waals surface area contributed by atoms with E-state index in [1.807, 2.05) is 18.2 Å². The van der Waals surface area contributed by atoms with Gasteiger partial charge in [0.25, 0.3) is 0 Å². The lowest BCUT2D eigenvalue weighted by Gasteiger charge is -2.05. The number of rotatable bonds is 7. The molecule has 0 bridgehead atoms. The van der Waals surface area contributed by atoms with E-state index in [2.05, 4.69) is 19.7 Å². The van der Waals surface area contributed by atoms with E-state index in [-0.39, 0.29) is 19.1 Å². The fourth-order valence-corrected chi connectivity index (χ4v) is 3.26. The van der Waals surface area contributed by atoms with E-state index < -0.39 is 0 Å². The minimum atomic E-state index is -0.0518. The van der Waals surface area contributed by atoms with Crippen molar-refractivity contribution in [3.63, 3.8) is 0 Å². The van der Waals surface area contributed by atoms with Crippen LogP contribution in [0.5, 0.6) is 11.5 Å². The van der Waals surface area contributed by atoms with Crippen LogP contribution in [0.15, 0.2) is 36.9 Å². The Morgan fingerprint density at radius 3 is 3.12 bits per heavy atom. The summed E-state index contributed by atoms with van der Waals surface area (Å²) in [5, 5.41) is 3.60. The van der Waals surface area contributed by atoms with Gasteiger partial charge < -0.3 is 14.8 Å². The van der Waals surface area contributed by atoms with Crippen molar-refractivity contribution in [2.24, 2.45) is 0 Å². The Hall–Kier alpha value is -2.94. The normalized spacial score (nSPS) is 12.3. The molecular weight excluding hydrogens is 354 g/mol. The lowest BCUT2D eigenvalue weighted by Crippen LogP contribution is -2.26. The molecule has 1 aromatic carbocycles. The van der Waals surface area contributed by atoms with Gasteiger partial charge in [0.1, 0.15) is 11.3 Å². The Morgan fingerprint density at radius 2 is 2.23 bits per heavy atom. The first-order valence-corrected chi connectivity index (χ1v) is 9.01. The first-order chi connectivity index (χ1) is 12.8. The first-order valence-electron chi connectivity index (χ1n) is 8.24. The SMILES string of the molecule is O=C(Cc1nc(-n2ccnc2)ns1)NCCCc1ccc2c(c1)OCO2. The molecule has 4 rings (SSSR count). The number of carbonyl (C=O) groups is 1. The number of amides is 1. The molecule has 0 aliphatic carbocycles. The molecule has 1 N–H and O–H groups in total. The number of hydrogen-bond acceptors (Lipinski definition) is 7. The van der Waals surface area contributed by atoms with Crippen LogP contribution in [0, 0.1) is 0 Å².